The molecule has 0 unspecified atom stereocenters. The molecule has 0 spiro atoms. The van der Waals surface area contributed by atoms with E-state index in [2.05, 4.69) is 32.9 Å². The van der Waals surface area contributed by atoms with Crippen LogP contribution >= 0.6 is 0 Å². The number of nitrogens with one attached hydrogen (secondary N) is 1. The van der Waals surface area contributed by atoms with Crippen LogP contribution in [0.4, 0.5) is 10.7 Å². The molecule has 0 saturated carbocycles. The second-order valence-electron chi connectivity index (χ2n) is 9.18. The van der Waals surface area contributed by atoms with Crippen LogP contribution in [0.15, 0.2) is 36.7 Å². The molecule has 1 aliphatic heterocycles. The van der Waals surface area contributed by atoms with Gasteiger partial charge in [-0.05, 0) is 39.7 Å². The zero-order chi connectivity index (χ0) is 22.9. The molecule has 1 aliphatic rings. The number of fused-ring (bicyclic) bond motifs is 1. The van der Waals surface area contributed by atoms with Crippen LogP contribution in [0.5, 0.6) is 0 Å². The molecule has 1 saturated heterocycles. The van der Waals surface area contributed by atoms with Crippen LogP contribution in [-0.2, 0) is 11.8 Å². The van der Waals surface area contributed by atoms with Gasteiger partial charge in [-0.1, -0.05) is 24.1 Å². The Morgan fingerprint density at radius 3 is 2.84 bits per heavy atom. The summed E-state index contributed by atoms with van der Waals surface area (Å²) in [5.74, 6) is 3.21. The number of terminal acetylenes is 1. The highest BCUT2D eigenvalue weighted by atomic mass is 16.6. The van der Waals surface area contributed by atoms with Crippen molar-refractivity contribution >= 4 is 22.9 Å². The van der Waals surface area contributed by atoms with Crippen molar-refractivity contribution in [2.45, 2.75) is 45.3 Å². The predicted molar refractivity (Wildman–Crippen MR) is 126 cm³/mol. The summed E-state index contributed by atoms with van der Waals surface area (Å²) in [5.41, 5.74) is 2.94. The highest BCUT2D eigenvalue weighted by molar-refractivity contribution is 5.96. The molecule has 3 aromatic rings. The van der Waals surface area contributed by atoms with Crippen molar-refractivity contribution in [3.05, 3.63) is 42.2 Å². The van der Waals surface area contributed by atoms with Gasteiger partial charge in [0.15, 0.2) is 0 Å². The fourth-order valence-electron chi connectivity index (χ4n) is 4.06. The van der Waals surface area contributed by atoms with E-state index in [9.17, 15) is 4.79 Å². The van der Waals surface area contributed by atoms with Gasteiger partial charge in [0.2, 0.25) is 5.95 Å². The van der Waals surface area contributed by atoms with Crippen molar-refractivity contribution in [1.82, 2.24) is 19.4 Å². The SMILES string of the molecule is C#Cc1cnc(N[C@H]2CCCN(C(=O)OC(C)(C)C)C2)nc1-c1cn(C)c2ccccc12. The van der Waals surface area contributed by atoms with Crippen molar-refractivity contribution in [3.8, 4) is 23.6 Å². The van der Waals surface area contributed by atoms with Gasteiger partial charge in [-0.2, -0.15) is 0 Å². The maximum atomic E-state index is 12.5. The molecule has 1 atom stereocenters. The summed E-state index contributed by atoms with van der Waals surface area (Å²) >= 11 is 0. The molecule has 0 radical (unpaired) electrons. The lowest BCUT2D eigenvalue weighted by atomic mass is 10.1. The number of anilines is 1. The zero-order valence-corrected chi connectivity index (χ0v) is 19.1. The van der Waals surface area contributed by atoms with E-state index in [4.69, 9.17) is 16.1 Å². The van der Waals surface area contributed by atoms with Gasteiger partial charge in [-0.25, -0.2) is 14.8 Å². The van der Waals surface area contributed by atoms with Crippen LogP contribution < -0.4 is 5.32 Å². The first kappa shape index (κ1) is 21.7. The summed E-state index contributed by atoms with van der Waals surface area (Å²) < 4.78 is 7.60. The number of likely N-dealkylation sites (tertiary alicyclic amines) is 1. The second-order valence-corrected chi connectivity index (χ2v) is 9.18. The Labute approximate surface area is 188 Å². The quantitative estimate of drug-likeness (QED) is 0.621. The Morgan fingerprint density at radius 1 is 1.31 bits per heavy atom. The van der Waals surface area contributed by atoms with Crippen molar-refractivity contribution in [2.24, 2.45) is 7.05 Å². The van der Waals surface area contributed by atoms with Gasteiger partial charge in [0.05, 0.1) is 11.3 Å². The molecule has 32 heavy (non-hydrogen) atoms. The second kappa shape index (κ2) is 8.54. The van der Waals surface area contributed by atoms with Gasteiger partial charge in [0.1, 0.15) is 5.60 Å². The van der Waals surface area contributed by atoms with Crippen LogP contribution in [0.1, 0.15) is 39.2 Å². The molecule has 2 aromatic heterocycles. The van der Waals surface area contributed by atoms with E-state index in [1.807, 2.05) is 46.1 Å². The number of ether oxygens (including phenoxy) is 1. The molecular formula is C25H29N5O2. The fraction of sp³-hybridized carbons (Fsp3) is 0.400. The predicted octanol–water partition coefficient (Wildman–Crippen LogP) is 4.43. The maximum absolute atomic E-state index is 12.5. The molecule has 1 fully saturated rings. The van der Waals surface area contributed by atoms with E-state index < -0.39 is 5.60 Å². The number of piperidine rings is 1. The largest absolute Gasteiger partial charge is 0.444 e. The molecular weight excluding hydrogens is 402 g/mol. The number of nitrogens with zero attached hydrogens (tertiary/aromatic N) is 4. The lowest BCUT2D eigenvalue weighted by Gasteiger charge is -2.34. The fourth-order valence-corrected chi connectivity index (χ4v) is 4.06. The number of aryl methyl sites for hydroxylation is 1. The lowest BCUT2D eigenvalue weighted by molar-refractivity contribution is 0.0206. The van der Waals surface area contributed by atoms with Crippen LogP contribution in [0.3, 0.4) is 0 Å². The third-order valence-corrected chi connectivity index (χ3v) is 5.50. The van der Waals surface area contributed by atoms with Crippen molar-refractivity contribution in [1.29, 1.82) is 0 Å². The highest BCUT2D eigenvalue weighted by Crippen LogP contribution is 2.31. The molecule has 7 heteroatoms. The van der Waals surface area contributed by atoms with E-state index >= 15 is 0 Å². The standard InChI is InChI=1S/C25H29N5O2/c1-6-17-14-26-23(27-18-10-9-13-30(15-18)24(31)32-25(2,3)4)28-22(17)20-16-29(5)21-12-8-7-11-19(20)21/h1,7-8,11-12,14,16,18H,9-10,13,15H2,2-5H3,(H,26,27,28)/t18-/m0/s1. The number of rotatable bonds is 3. The van der Waals surface area contributed by atoms with Crippen LogP contribution in [0.2, 0.25) is 0 Å². The third kappa shape index (κ3) is 4.54. The minimum Gasteiger partial charge on any atom is -0.444 e. The zero-order valence-electron chi connectivity index (χ0n) is 19.1. The first-order chi connectivity index (χ1) is 15.2. The number of carbonyl (C=O) groups is 1. The summed E-state index contributed by atoms with van der Waals surface area (Å²) in [6.07, 6.45) is 11.0. The summed E-state index contributed by atoms with van der Waals surface area (Å²) in [7, 11) is 2.01. The molecule has 1 amide bonds. The molecule has 3 heterocycles. The van der Waals surface area contributed by atoms with Crippen LogP contribution in [0, 0.1) is 12.3 Å². The Bertz CT molecular complexity index is 1190. The van der Waals surface area contributed by atoms with Gasteiger partial charge in [0.25, 0.3) is 0 Å². The van der Waals surface area contributed by atoms with Gasteiger partial charge in [-0.15, -0.1) is 6.42 Å². The normalized spacial score (nSPS) is 16.6. The van der Waals surface area contributed by atoms with Gasteiger partial charge < -0.3 is 19.5 Å². The maximum Gasteiger partial charge on any atom is 0.410 e. The van der Waals surface area contributed by atoms with E-state index in [0.717, 1.165) is 35.0 Å². The van der Waals surface area contributed by atoms with Crippen molar-refractivity contribution in [3.63, 3.8) is 0 Å². The first-order valence-corrected chi connectivity index (χ1v) is 10.9. The molecule has 4 rings (SSSR count). The van der Waals surface area contributed by atoms with Gasteiger partial charge >= 0.3 is 6.09 Å². The van der Waals surface area contributed by atoms with E-state index in [-0.39, 0.29) is 12.1 Å². The summed E-state index contributed by atoms with van der Waals surface area (Å²) in [6.45, 7) is 6.85. The smallest absolute Gasteiger partial charge is 0.410 e. The summed E-state index contributed by atoms with van der Waals surface area (Å²) in [5, 5.41) is 4.49. The van der Waals surface area contributed by atoms with Crippen molar-refractivity contribution in [2.75, 3.05) is 18.4 Å². The molecule has 166 valence electrons. The van der Waals surface area contributed by atoms with Crippen LogP contribution in [0.25, 0.3) is 22.2 Å². The number of aromatic nitrogens is 3. The molecule has 1 aromatic carbocycles. The Morgan fingerprint density at radius 2 is 2.09 bits per heavy atom. The average Bonchev–Trinajstić information content (AvgIpc) is 3.09. The van der Waals surface area contributed by atoms with Crippen LogP contribution in [-0.4, -0.2) is 50.3 Å². The average molecular weight is 432 g/mol. The monoisotopic (exact) mass is 431 g/mol. The van der Waals surface area contributed by atoms with E-state index in [0.29, 0.717) is 24.6 Å². The molecule has 7 nitrogen and oxygen atoms in total. The molecule has 1 N–H and O–H groups in total. The van der Waals surface area contributed by atoms with E-state index in [1.54, 1.807) is 11.1 Å². The number of hydrogen-bond donors (Lipinski definition) is 1. The minimum absolute atomic E-state index is 0.0355. The highest BCUT2D eigenvalue weighted by Gasteiger charge is 2.28. The summed E-state index contributed by atoms with van der Waals surface area (Å²) in [6, 6.07) is 8.20. The summed E-state index contributed by atoms with van der Waals surface area (Å²) in [4.78, 5) is 23.5. The van der Waals surface area contributed by atoms with Gasteiger partial charge in [-0.3, -0.25) is 0 Å². The molecule has 0 aliphatic carbocycles. The Kier molecular flexibility index (Phi) is 5.79. The Balaban J connectivity index is 1.58. The van der Waals surface area contributed by atoms with Gasteiger partial charge in [0, 0.05) is 55.0 Å². The number of carbonyl (C=O) groups excluding carboxylic acids is 1. The topological polar surface area (TPSA) is 72.3 Å². The van der Waals surface area contributed by atoms with E-state index in [1.165, 1.54) is 0 Å². The third-order valence-electron chi connectivity index (χ3n) is 5.50. The molecule has 0 bridgehead atoms. The number of amides is 1. The lowest BCUT2D eigenvalue weighted by Crippen LogP contribution is -2.47. The number of para-hydroxylation sites is 1. The first-order valence-electron chi connectivity index (χ1n) is 10.9. The number of hydrogen-bond acceptors (Lipinski definition) is 5. The Hall–Kier alpha value is -3.53. The van der Waals surface area contributed by atoms with Crippen molar-refractivity contribution < 1.29 is 9.53 Å². The number of benzene rings is 1. The minimum atomic E-state index is -0.515.